The summed E-state index contributed by atoms with van der Waals surface area (Å²) >= 11 is 0. The van der Waals surface area contributed by atoms with Crippen LogP contribution in [0.4, 0.5) is 0 Å². The van der Waals surface area contributed by atoms with Crippen molar-refractivity contribution < 1.29 is 12.6 Å². The number of fused-ring (bicyclic) bond motifs is 1. The van der Waals surface area contributed by atoms with Gasteiger partial charge in [0.25, 0.3) is 11.0 Å². The third-order valence-corrected chi connectivity index (χ3v) is 2.80. The second-order valence-electron chi connectivity index (χ2n) is 3.65. The van der Waals surface area contributed by atoms with Crippen molar-refractivity contribution >= 4 is 21.8 Å². The summed E-state index contributed by atoms with van der Waals surface area (Å²) < 4.78 is 25.5. The Bertz CT molecular complexity index is 622. The second-order valence-corrected chi connectivity index (χ2v) is 4.28. The molecule has 0 aliphatic heterocycles. The van der Waals surface area contributed by atoms with Crippen LogP contribution in [0.3, 0.4) is 0 Å². The van der Waals surface area contributed by atoms with Gasteiger partial charge in [-0.2, -0.15) is 8.42 Å². The van der Waals surface area contributed by atoms with E-state index in [1.165, 1.54) is 5.56 Å². The Morgan fingerprint density at radius 2 is 1.82 bits per heavy atom. The summed E-state index contributed by atoms with van der Waals surface area (Å²) in [7, 11) is -2.86. The van der Waals surface area contributed by atoms with Crippen LogP contribution in [0.15, 0.2) is 49.1 Å². The van der Waals surface area contributed by atoms with Crippen molar-refractivity contribution in [2.75, 3.05) is 0 Å². The molecule has 0 aliphatic rings. The van der Waals surface area contributed by atoms with E-state index in [9.17, 15) is 8.42 Å². The average Bonchev–Trinajstić information content (AvgIpc) is 2.29. The van der Waals surface area contributed by atoms with Gasteiger partial charge in [-0.15, -0.1) is 6.58 Å². The number of hydrogen-bond acceptors (Lipinski definition) is 3. The van der Waals surface area contributed by atoms with Crippen LogP contribution in [0.2, 0.25) is 0 Å². The first-order valence-corrected chi connectivity index (χ1v) is 6.24. The molecular weight excluding hydrogens is 236 g/mol. The van der Waals surface area contributed by atoms with Crippen LogP contribution in [-0.4, -0.2) is 8.42 Å². The quantitative estimate of drug-likeness (QED) is 0.667. The maximum Gasteiger partial charge on any atom is 0.299 e. The summed E-state index contributed by atoms with van der Waals surface area (Å²) in [6, 6.07) is 11.2. The van der Waals surface area contributed by atoms with Gasteiger partial charge >= 0.3 is 0 Å². The van der Waals surface area contributed by atoms with Crippen molar-refractivity contribution in [2.45, 2.75) is 6.42 Å². The second kappa shape index (κ2) is 5.01. The van der Waals surface area contributed by atoms with E-state index in [0.29, 0.717) is 5.75 Å². The fourth-order valence-electron chi connectivity index (χ4n) is 1.71. The highest BCUT2D eigenvalue weighted by Gasteiger charge is 1.99. The Morgan fingerprint density at radius 1 is 1.12 bits per heavy atom. The Labute approximate surface area is 101 Å². The molecular formula is C13H12O3S. The molecule has 0 N–H and O–H groups in total. The van der Waals surface area contributed by atoms with E-state index in [-0.39, 0.29) is 0 Å². The molecule has 0 radical (unpaired) electrons. The topological polar surface area (TPSA) is 43.4 Å². The van der Waals surface area contributed by atoms with Crippen molar-refractivity contribution in [3.63, 3.8) is 0 Å². The molecule has 0 unspecified atom stereocenters. The lowest BCUT2D eigenvalue weighted by Gasteiger charge is -2.03. The molecule has 0 spiro atoms. The highest BCUT2D eigenvalue weighted by atomic mass is 32.2. The van der Waals surface area contributed by atoms with Crippen molar-refractivity contribution in [1.82, 2.24) is 0 Å². The van der Waals surface area contributed by atoms with Gasteiger partial charge in [-0.25, -0.2) is 0 Å². The number of thiol groups is 1. The van der Waals surface area contributed by atoms with E-state index in [0.717, 1.165) is 17.2 Å². The zero-order valence-corrected chi connectivity index (χ0v) is 10.0. The van der Waals surface area contributed by atoms with Gasteiger partial charge in [0.1, 0.15) is 5.75 Å². The monoisotopic (exact) mass is 248 g/mol. The standard InChI is InChI=1S/C13H12O3S/c1-2-3-10-4-5-12-9-13(16-17(14)15)7-6-11(12)8-10/h2,4-9,17H,1,3H2. The first-order chi connectivity index (χ1) is 8.19. The van der Waals surface area contributed by atoms with Gasteiger partial charge in [-0.3, -0.25) is 0 Å². The minimum atomic E-state index is -2.86. The van der Waals surface area contributed by atoms with E-state index in [1.54, 1.807) is 12.1 Å². The molecule has 0 amide bonds. The molecule has 2 aromatic rings. The minimum Gasteiger partial charge on any atom is -0.384 e. The van der Waals surface area contributed by atoms with Crippen LogP contribution in [0.5, 0.6) is 5.75 Å². The third-order valence-electron chi connectivity index (χ3n) is 2.44. The van der Waals surface area contributed by atoms with Crippen LogP contribution in [0.25, 0.3) is 10.8 Å². The lowest BCUT2D eigenvalue weighted by atomic mass is 10.1. The first kappa shape index (κ1) is 11.7. The van der Waals surface area contributed by atoms with Gasteiger partial charge in [-0.05, 0) is 34.9 Å². The average molecular weight is 248 g/mol. The maximum atomic E-state index is 10.4. The summed E-state index contributed by atoms with van der Waals surface area (Å²) in [6.45, 7) is 3.70. The van der Waals surface area contributed by atoms with Crippen molar-refractivity contribution in [3.05, 3.63) is 54.6 Å². The molecule has 0 aromatic heterocycles. The first-order valence-electron chi connectivity index (χ1n) is 5.15. The van der Waals surface area contributed by atoms with Gasteiger partial charge in [0.2, 0.25) is 0 Å². The Balaban J connectivity index is 2.42. The molecule has 0 fully saturated rings. The molecule has 2 rings (SSSR count). The molecule has 3 nitrogen and oxygen atoms in total. The fraction of sp³-hybridized carbons (Fsp3) is 0.0769. The van der Waals surface area contributed by atoms with Crippen LogP contribution >= 0.6 is 0 Å². The summed E-state index contributed by atoms with van der Waals surface area (Å²) in [6.07, 6.45) is 2.67. The van der Waals surface area contributed by atoms with Crippen molar-refractivity contribution in [1.29, 1.82) is 0 Å². The fourth-order valence-corrected chi connectivity index (χ4v) is 2.00. The van der Waals surface area contributed by atoms with Crippen LogP contribution in [-0.2, 0) is 17.4 Å². The Hall–Kier alpha value is -1.81. The van der Waals surface area contributed by atoms with Crippen LogP contribution < -0.4 is 4.18 Å². The molecule has 4 heteroatoms. The lowest BCUT2D eigenvalue weighted by Crippen LogP contribution is -1.89. The number of hydrogen-bond donors (Lipinski definition) is 1. The normalized spacial score (nSPS) is 10.6. The summed E-state index contributed by atoms with van der Waals surface area (Å²) in [5.74, 6) is 0.338. The predicted molar refractivity (Wildman–Crippen MR) is 68.8 cm³/mol. The van der Waals surface area contributed by atoms with E-state index < -0.39 is 11.0 Å². The van der Waals surface area contributed by atoms with E-state index >= 15 is 0 Å². The molecule has 0 heterocycles. The summed E-state index contributed by atoms with van der Waals surface area (Å²) in [5, 5.41) is 2.00. The minimum absolute atomic E-state index is 0.338. The molecule has 0 saturated carbocycles. The zero-order valence-electron chi connectivity index (χ0n) is 9.13. The molecule has 17 heavy (non-hydrogen) atoms. The van der Waals surface area contributed by atoms with Crippen LogP contribution in [0.1, 0.15) is 5.56 Å². The van der Waals surface area contributed by atoms with E-state index in [1.807, 2.05) is 24.3 Å². The van der Waals surface area contributed by atoms with E-state index in [4.69, 9.17) is 0 Å². The van der Waals surface area contributed by atoms with Gasteiger partial charge < -0.3 is 4.18 Å². The molecule has 88 valence electrons. The number of allylic oxidation sites excluding steroid dienone is 1. The summed E-state index contributed by atoms with van der Waals surface area (Å²) in [5.41, 5.74) is 1.18. The predicted octanol–water partition coefficient (Wildman–Crippen LogP) is 2.47. The SMILES string of the molecule is C=CCc1ccc2cc(O[SH](=O)=O)ccc2c1. The van der Waals surface area contributed by atoms with Crippen molar-refractivity contribution in [3.8, 4) is 5.75 Å². The third kappa shape index (κ3) is 2.85. The Morgan fingerprint density at radius 3 is 2.53 bits per heavy atom. The van der Waals surface area contributed by atoms with E-state index in [2.05, 4.69) is 16.8 Å². The zero-order chi connectivity index (χ0) is 12.3. The molecule has 0 aliphatic carbocycles. The largest absolute Gasteiger partial charge is 0.384 e. The lowest BCUT2D eigenvalue weighted by molar-refractivity contribution is 0.511. The smallest absolute Gasteiger partial charge is 0.299 e. The molecule has 0 saturated heterocycles. The highest BCUT2D eigenvalue weighted by Crippen LogP contribution is 2.22. The number of rotatable bonds is 4. The molecule has 0 bridgehead atoms. The molecule has 0 atom stereocenters. The van der Waals surface area contributed by atoms with Gasteiger partial charge in [0.05, 0.1) is 0 Å². The summed E-state index contributed by atoms with van der Waals surface area (Å²) in [4.78, 5) is 0. The van der Waals surface area contributed by atoms with Gasteiger partial charge in [0, 0.05) is 0 Å². The maximum absolute atomic E-state index is 10.4. The highest BCUT2D eigenvalue weighted by molar-refractivity contribution is 7.67. The molecule has 2 aromatic carbocycles. The van der Waals surface area contributed by atoms with Gasteiger partial charge in [-0.1, -0.05) is 30.3 Å². The number of benzene rings is 2. The van der Waals surface area contributed by atoms with Crippen molar-refractivity contribution in [2.24, 2.45) is 0 Å². The van der Waals surface area contributed by atoms with Gasteiger partial charge in [0.15, 0.2) is 0 Å². The Kier molecular flexibility index (Phi) is 3.44. The van der Waals surface area contributed by atoms with Crippen LogP contribution in [0, 0.1) is 0 Å².